The van der Waals surface area contributed by atoms with Gasteiger partial charge in [-0.1, -0.05) is 0 Å². The van der Waals surface area contributed by atoms with Gasteiger partial charge in [0.2, 0.25) is 5.91 Å². The van der Waals surface area contributed by atoms with Crippen LogP contribution in [0.4, 0.5) is 4.39 Å². The van der Waals surface area contributed by atoms with Gasteiger partial charge < -0.3 is 15.2 Å². The highest BCUT2D eigenvalue weighted by atomic mass is 19.1. The van der Waals surface area contributed by atoms with Crippen LogP contribution in [0.15, 0.2) is 18.2 Å². The molecule has 0 aliphatic rings. The van der Waals surface area contributed by atoms with E-state index in [-0.39, 0.29) is 36.3 Å². The summed E-state index contributed by atoms with van der Waals surface area (Å²) in [5, 5.41) is 11.6. The summed E-state index contributed by atoms with van der Waals surface area (Å²) in [5.41, 5.74) is -0.260. The number of carboxylic acids is 1. The van der Waals surface area contributed by atoms with Crippen LogP contribution in [-0.4, -0.2) is 29.6 Å². The number of halogens is 1. The van der Waals surface area contributed by atoms with E-state index in [1.807, 2.05) is 13.8 Å². The van der Waals surface area contributed by atoms with E-state index in [1.54, 1.807) is 0 Å². The first-order valence-corrected chi connectivity index (χ1v) is 5.85. The van der Waals surface area contributed by atoms with Crippen molar-refractivity contribution in [1.29, 1.82) is 0 Å². The number of carbonyl (C=O) groups is 2. The van der Waals surface area contributed by atoms with Crippen LogP contribution < -0.4 is 10.1 Å². The van der Waals surface area contributed by atoms with E-state index in [2.05, 4.69) is 5.32 Å². The first-order chi connectivity index (χ1) is 8.90. The van der Waals surface area contributed by atoms with Crippen molar-refractivity contribution in [2.75, 3.05) is 6.61 Å². The maximum absolute atomic E-state index is 12.9. The Bertz CT molecular complexity index is 474. The third kappa shape index (κ3) is 4.95. The lowest BCUT2D eigenvalue weighted by atomic mass is 10.2. The Morgan fingerprint density at radius 3 is 2.68 bits per heavy atom. The Kier molecular flexibility index (Phi) is 5.29. The number of amides is 1. The highest BCUT2D eigenvalue weighted by Crippen LogP contribution is 2.19. The van der Waals surface area contributed by atoms with Gasteiger partial charge in [0.05, 0.1) is 13.0 Å². The second kappa shape index (κ2) is 6.72. The number of nitrogens with one attached hydrogen (secondary N) is 1. The lowest BCUT2D eigenvalue weighted by Gasteiger charge is -2.10. The Balaban J connectivity index is 2.58. The Hall–Kier alpha value is -2.11. The molecule has 0 aliphatic heterocycles. The quantitative estimate of drug-likeness (QED) is 0.826. The number of ether oxygens (including phenoxy) is 1. The molecule has 1 rings (SSSR count). The van der Waals surface area contributed by atoms with Crippen molar-refractivity contribution in [1.82, 2.24) is 5.32 Å². The highest BCUT2D eigenvalue weighted by Gasteiger charge is 2.13. The molecular weight excluding hydrogens is 253 g/mol. The Morgan fingerprint density at radius 2 is 2.11 bits per heavy atom. The zero-order chi connectivity index (χ0) is 14.4. The lowest BCUT2D eigenvalue weighted by Crippen LogP contribution is -2.31. The van der Waals surface area contributed by atoms with Crippen molar-refractivity contribution in [3.05, 3.63) is 29.6 Å². The summed E-state index contributed by atoms with van der Waals surface area (Å²) < 4.78 is 18.1. The van der Waals surface area contributed by atoms with Gasteiger partial charge in [0.25, 0.3) is 0 Å². The van der Waals surface area contributed by atoms with Crippen LogP contribution >= 0.6 is 0 Å². The Labute approximate surface area is 110 Å². The number of carboxylic acid groups (broad SMARTS) is 1. The number of carbonyl (C=O) groups excluding carboxylic acids is 1. The first kappa shape index (κ1) is 14.9. The van der Waals surface area contributed by atoms with Crippen LogP contribution in [0.1, 0.15) is 30.6 Å². The highest BCUT2D eigenvalue weighted by molar-refractivity contribution is 5.90. The van der Waals surface area contributed by atoms with Crippen molar-refractivity contribution in [3.8, 4) is 5.75 Å². The van der Waals surface area contributed by atoms with E-state index in [1.165, 1.54) is 6.07 Å². The van der Waals surface area contributed by atoms with Gasteiger partial charge in [0.15, 0.2) is 0 Å². The van der Waals surface area contributed by atoms with E-state index in [4.69, 9.17) is 9.84 Å². The van der Waals surface area contributed by atoms with E-state index in [9.17, 15) is 14.0 Å². The van der Waals surface area contributed by atoms with Crippen LogP contribution in [0, 0.1) is 5.82 Å². The molecule has 0 heterocycles. The SMILES string of the molecule is CC(C)NC(=O)CCOc1ccc(F)cc1C(=O)O. The van der Waals surface area contributed by atoms with Gasteiger partial charge in [-0.2, -0.15) is 0 Å². The van der Waals surface area contributed by atoms with E-state index >= 15 is 0 Å². The van der Waals surface area contributed by atoms with Crippen molar-refractivity contribution >= 4 is 11.9 Å². The summed E-state index contributed by atoms with van der Waals surface area (Å²) in [6.07, 6.45) is 0.106. The molecule has 19 heavy (non-hydrogen) atoms. The largest absolute Gasteiger partial charge is 0.492 e. The molecule has 0 radical (unpaired) electrons. The molecule has 0 fully saturated rings. The van der Waals surface area contributed by atoms with E-state index in [0.717, 1.165) is 12.1 Å². The summed E-state index contributed by atoms with van der Waals surface area (Å²) in [4.78, 5) is 22.2. The van der Waals surface area contributed by atoms with Crippen molar-refractivity contribution in [2.24, 2.45) is 0 Å². The minimum absolute atomic E-state index is 0.0322. The molecule has 104 valence electrons. The fourth-order valence-electron chi connectivity index (χ4n) is 1.44. The number of hydrogen-bond acceptors (Lipinski definition) is 3. The number of hydrogen-bond donors (Lipinski definition) is 2. The van der Waals surface area contributed by atoms with Gasteiger partial charge in [0.1, 0.15) is 17.1 Å². The molecular formula is C13H16FNO4. The number of rotatable bonds is 6. The molecule has 0 bridgehead atoms. The average Bonchev–Trinajstić information content (AvgIpc) is 2.29. The lowest BCUT2D eigenvalue weighted by molar-refractivity contribution is -0.122. The summed E-state index contributed by atoms with van der Waals surface area (Å²) in [7, 11) is 0. The van der Waals surface area contributed by atoms with E-state index < -0.39 is 11.8 Å². The van der Waals surface area contributed by atoms with Crippen LogP contribution in [0.3, 0.4) is 0 Å². The van der Waals surface area contributed by atoms with Crippen molar-refractivity contribution < 1.29 is 23.8 Å². The molecule has 1 aromatic carbocycles. The second-order valence-electron chi connectivity index (χ2n) is 4.27. The fourth-order valence-corrected chi connectivity index (χ4v) is 1.44. The number of aromatic carboxylic acids is 1. The normalized spacial score (nSPS) is 10.3. The number of benzene rings is 1. The molecule has 0 atom stereocenters. The molecule has 1 amide bonds. The minimum atomic E-state index is -1.28. The molecule has 1 aromatic rings. The van der Waals surface area contributed by atoms with Crippen LogP contribution in [0.2, 0.25) is 0 Å². The van der Waals surface area contributed by atoms with Gasteiger partial charge >= 0.3 is 5.97 Å². The van der Waals surface area contributed by atoms with Crippen molar-refractivity contribution in [3.63, 3.8) is 0 Å². The molecule has 0 spiro atoms. The van der Waals surface area contributed by atoms with Crippen LogP contribution in [-0.2, 0) is 4.79 Å². The Morgan fingerprint density at radius 1 is 1.42 bits per heavy atom. The molecule has 0 saturated carbocycles. The summed E-state index contributed by atoms with van der Waals surface area (Å²) >= 11 is 0. The summed E-state index contributed by atoms with van der Waals surface area (Å²) in [6.45, 7) is 3.70. The maximum Gasteiger partial charge on any atom is 0.339 e. The first-order valence-electron chi connectivity index (χ1n) is 5.85. The fraction of sp³-hybridized carbons (Fsp3) is 0.385. The molecule has 5 nitrogen and oxygen atoms in total. The molecule has 0 unspecified atom stereocenters. The molecule has 0 aliphatic carbocycles. The van der Waals surface area contributed by atoms with E-state index in [0.29, 0.717) is 0 Å². The smallest absolute Gasteiger partial charge is 0.339 e. The average molecular weight is 269 g/mol. The standard InChI is InChI=1S/C13H16FNO4/c1-8(2)15-12(16)5-6-19-11-4-3-9(14)7-10(11)13(17)18/h3-4,7-8H,5-6H2,1-2H3,(H,15,16)(H,17,18). The minimum Gasteiger partial charge on any atom is -0.492 e. The van der Waals surface area contributed by atoms with Gasteiger partial charge in [-0.25, -0.2) is 9.18 Å². The second-order valence-corrected chi connectivity index (χ2v) is 4.27. The predicted molar refractivity (Wildman–Crippen MR) is 66.8 cm³/mol. The monoisotopic (exact) mass is 269 g/mol. The zero-order valence-corrected chi connectivity index (χ0v) is 10.8. The van der Waals surface area contributed by atoms with Gasteiger partial charge in [-0.15, -0.1) is 0 Å². The van der Waals surface area contributed by atoms with Gasteiger partial charge in [-0.3, -0.25) is 4.79 Å². The third-order valence-corrected chi connectivity index (χ3v) is 2.21. The van der Waals surface area contributed by atoms with Crippen molar-refractivity contribution in [2.45, 2.75) is 26.3 Å². The topological polar surface area (TPSA) is 75.6 Å². The van der Waals surface area contributed by atoms with Crippen LogP contribution in [0.5, 0.6) is 5.75 Å². The summed E-state index contributed by atoms with van der Waals surface area (Å²) in [6, 6.07) is 3.26. The zero-order valence-electron chi connectivity index (χ0n) is 10.8. The van der Waals surface area contributed by atoms with Gasteiger partial charge in [0, 0.05) is 6.04 Å². The summed E-state index contributed by atoms with van der Waals surface area (Å²) in [5.74, 6) is -2.07. The van der Waals surface area contributed by atoms with Crippen LogP contribution in [0.25, 0.3) is 0 Å². The maximum atomic E-state index is 12.9. The molecule has 2 N–H and O–H groups in total. The molecule has 0 saturated heterocycles. The van der Waals surface area contributed by atoms with Gasteiger partial charge in [-0.05, 0) is 32.0 Å². The molecule has 6 heteroatoms. The molecule has 0 aromatic heterocycles. The predicted octanol–water partition coefficient (Wildman–Crippen LogP) is 1.82. The third-order valence-electron chi connectivity index (χ3n) is 2.21.